The van der Waals surface area contributed by atoms with Gasteiger partial charge in [-0.3, -0.25) is 4.79 Å². The van der Waals surface area contributed by atoms with Crippen LogP contribution in [0.4, 0.5) is 5.69 Å². The van der Waals surface area contributed by atoms with Crippen LogP contribution >= 0.6 is 23.2 Å². The average molecular weight is 316 g/mol. The van der Waals surface area contributed by atoms with E-state index in [0.717, 1.165) is 26.1 Å². The number of nitrogens with zero attached hydrogens (tertiary/aromatic N) is 1. The molecule has 2 N–H and O–H groups in total. The van der Waals surface area contributed by atoms with Gasteiger partial charge in [-0.05, 0) is 38.2 Å². The molecule has 0 saturated carbocycles. The van der Waals surface area contributed by atoms with Crippen molar-refractivity contribution in [2.24, 2.45) is 0 Å². The quantitative estimate of drug-likeness (QED) is 0.878. The lowest BCUT2D eigenvalue weighted by molar-refractivity contribution is -0.116. The Hall–Kier alpha value is -0.810. The van der Waals surface area contributed by atoms with Gasteiger partial charge in [-0.2, -0.15) is 0 Å². The molecule has 1 aromatic rings. The second kappa shape index (κ2) is 7.27. The van der Waals surface area contributed by atoms with Crippen LogP contribution in [0.25, 0.3) is 0 Å². The SMILES string of the molecule is CNC1CCN(CCC(=O)Nc2cc(Cl)ccc2Cl)C1. The van der Waals surface area contributed by atoms with Gasteiger partial charge in [0, 0.05) is 30.6 Å². The zero-order chi connectivity index (χ0) is 14.5. The fraction of sp³-hybridized carbons (Fsp3) is 0.500. The first-order chi connectivity index (χ1) is 9.58. The highest BCUT2D eigenvalue weighted by Gasteiger charge is 2.21. The molecule has 0 spiro atoms. The summed E-state index contributed by atoms with van der Waals surface area (Å²) >= 11 is 11.9. The Balaban J connectivity index is 1.79. The zero-order valence-electron chi connectivity index (χ0n) is 11.5. The number of hydrogen-bond donors (Lipinski definition) is 2. The van der Waals surface area contributed by atoms with E-state index in [9.17, 15) is 4.79 Å². The number of nitrogens with one attached hydrogen (secondary N) is 2. The topological polar surface area (TPSA) is 44.4 Å². The monoisotopic (exact) mass is 315 g/mol. The van der Waals surface area contributed by atoms with Crippen molar-refractivity contribution in [3.63, 3.8) is 0 Å². The number of halogens is 2. The van der Waals surface area contributed by atoms with E-state index in [-0.39, 0.29) is 5.91 Å². The molecule has 1 unspecified atom stereocenters. The molecule has 1 aliphatic heterocycles. The number of anilines is 1. The third-order valence-electron chi connectivity index (χ3n) is 3.54. The number of carbonyl (C=O) groups is 1. The zero-order valence-corrected chi connectivity index (χ0v) is 13.0. The maximum Gasteiger partial charge on any atom is 0.225 e. The fourth-order valence-corrected chi connectivity index (χ4v) is 2.67. The Kier molecular flexibility index (Phi) is 5.66. The molecule has 4 nitrogen and oxygen atoms in total. The summed E-state index contributed by atoms with van der Waals surface area (Å²) in [5.74, 6) is -0.0397. The molecule has 0 aromatic heterocycles. The lowest BCUT2D eigenvalue weighted by Gasteiger charge is -2.15. The first-order valence-corrected chi connectivity index (χ1v) is 7.48. The molecule has 2 rings (SSSR count). The summed E-state index contributed by atoms with van der Waals surface area (Å²) in [6, 6.07) is 5.58. The van der Waals surface area contributed by atoms with E-state index in [0.29, 0.717) is 28.2 Å². The Bertz CT molecular complexity index is 481. The molecule has 1 saturated heterocycles. The van der Waals surface area contributed by atoms with E-state index in [1.165, 1.54) is 0 Å². The minimum atomic E-state index is -0.0397. The van der Waals surface area contributed by atoms with Crippen molar-refractivity contribution in [3.05, 3.63) is 28.2 Å². The fourth-order valence-electron chi connectivity index (χ4n) is 2.34. The molecule has 1 heterocycles. The molecular formula is C14H19Cl2N3O. The van der Waals surface area contributed by atoms with Gasteiger partial charge in [0.25, 0.3) is 0 Å². The van der Waals surface area contributed by atoms with Crippen molar-refractivity contribution in [1.29, 1.82) is 0 Å². The number of benzene rings is 1. The Morgan fingerprint density at radius 1 is 1.45 bits per heavy atom. The van der Waals surface area contributed by atoms with Gasteiger partial charge in [0.15, 0.2) is 0 Å². The van der Waals surface area contributed by atoms with E-state index in [1.807, 2.05) is 7.05 Å². The third kappa shape index (κ3) is 4.35. The summed E-state index contributed by atoms with van der Waals surface area (Å²) in [5.41, 5.74) is 0.568. The summed E-state index contributed by atoms with van der Waals surface area (Å²) in [6.07, 6.45) is 1.59. The largest absolute Gasteiger partial charge is 0.325 e. The van der Waals surface area contributed by atoms with Crippen LogP contribution in [0.15, 0.2) is 18.2 Å². The lowest BCUT2D eigenvalue weighted by atomic mass is 10.3. The van der Waals surface area contributed by atoms with Crippen LogP contribution in [0.3, 0.4) is 0 Å². The van der Waals surface area contributed by atoms with Gasteiger partial charge in [0.1, 0.15) is 0 Å². The van der Waals surface area contributed by atoms with Crippen molar-refractivity contribution in [2.45, 2.75) is 18.9 Å². The predicted octanol–water partition coefficient (Wildman–Crippen LogP) is 2.62. The number of carbonyl (C=O) groups excluding carboxylic acids is 1. The third-order valence-corrected chi connectivity index (χ3v) is 4.10. The van der Waals surface area contributed by atoms with E-state index in [4.69, 9.17) is 23.2 Å². The van der Waals surface area contributed by atoms with Gasteiger partial charge in [-0.15, -0.1) is 0 Å². The van der Waals surface area contributed by atoms with E-state index in [2.05, 4.69) is 15.5 Å². The van der Waals surface area contributed by atoms with Gasteiger partial charge in [0.05, 0.1) is 10.7 Å². The molecule has 6 heteroatoms. The molecule has 1 fully saturated rings. The normalized spacial score (nSPS) is 19.2. The minimum Gasteiger partial charge on any atom is -0.325 e. The number of amides is 1. The Morgan fingerprint density at radius 2 is 2.25 bits per heavy atom. The Labute approximate surface area is 129 Å². The summed E-state index contributed by atoms with van der Waals surface area (Å²) in [6.45, 7) is 2.81. The molecule has 1 atom stereocenters. The molecule has 110 valence electrons. The van der Waals surface area contributed by atoms with Crippen LogP contribution in [0, 0.1) is 0 Å². The molecule has 1 aliphatic rings. The molecule has 20 heavy (non-hydrogen) atoms. The lowest BCUT2D eigenvalue weighted by Crippen LogP contribution is -2.31. The first-order valence-electron chi connectivity index (χ1n) is 6.73. The van der Waals surface area contributed by atoms with Crippen molar-refractivity contribution in [2.75, 3.05) is 32.0 Å². The van der Waals surface area contributed by atoms with Gasteiger partial charge in [-0.1, -0.05) is 23.2 Å². The number of likely N-dealkylation sites (N-methyl/N-ethyl adjacent to an activating group) is 1. The summed E-state index contributed by atoms with van der Waals surface area (Å²) in [7, 11) is 1.97. The highest BCUT2D eigenvalue weighted by atomic mass is 35.5. The van der Waals surface area contributed by atoms with E-state index >= 15 is 0 Å². The smallest absolute Gasteiger partial charge is 0.225 e. The Morgan fingerprint density at radius 3 is 2.95 bits per heavy atom. The first kappa shape index (κ1) is 15.6. The van der Waals surface area contributed by atoms with Crippen molar-refractivity contribution >= 4 is 34.8 Å². The van der Waals surface area contributed by atoms with Crippen LogP contribution in [0.1, 0.15) is 12.8 Å². The molecule has 1 amide bonds. The van der Waals surface area contributed by atoms with Crippen LogP contribution < -0.4 is 10.6 Å². The number of rotatable bonds is 5. The van der Waals surface area contributed by atoms with E-state index < -0.39 is 0 Å². The second-order valence-electron chi connectivity index (χ2n) is 5.00. The van der Waals surface area contributed by atoms with Crippen molar-refractivity contribution in [3.8, 4) is 0 Å². The summed E-state index contributed by atoms with van der Waals surface area (Å²) < 4.78 is 0. The van der Waals surface area contributed by atoms with Gasteiger partial charge in [0.2, 0.25) is 5.91 Å². The average Bonchev–Trinajstić information content (AvgIpc) is 2.89. The maximum atomic E-state index is 11.9. The van der Waals surface area contributed by atoms with Crippen LogP contribution in [0.2, 0.25) is 10.0 Å². The maximum absolute atomic E-state index is 11.9. The van der Waals surface area contributed by atoms with Gasteiger partial charge >= 0.3 is 0 Å². The van der Waals surface area contributed by atoms with Crippen LogP contribution in [0.5, 0.6) is 0 Å². The molecule has 0 radical (unpaired) electrons. The molecule has 1 aromatic carbocycles. The summed E-state index contributed by atoms with van der Waals surface area (Å²) in [4.78, 5) is 14.2. The molecule has 0 aliphatic carbocycles. The standard InChI is InChI=1S/C14H19Cl2N3O/c1-17-11-4-6-19(9-11)7-5-14(20)18-13-8-10(15)2-3-12(13)16/h2-3,8,11,17H,4-7,9H2,1H3,(H,18,20). The van der Waals surface area contributed by atoms with Crippen LogP contribution in [-0.4, -0.2) is 43.5 Å². The van der Waals surface area contributed by atoms with Gasteiger partial charge < -0.3 is 15.5 Å². The highest BCUT2D eigenvalue weighted by molar-refractivity contribution is 6.35. The predicted molar refractivity (Wildman–Crippen MR) is 83.6 cm³/mol. The van der Waals surface area contributed by atoms with Crippen molar-refractivity contribution < 1.29 is 4.79 Å². The summed E-state index contributed by atoms with van der Waals surface area (Å²) in [5, 5.41) is 7.12. The molecule has 0 bridgehead atoms. The van der Waals surface area contributed by atoms with Crippen molar-refractivity contribution in [1.82, 2.24) is 10.2 Å². The number of likely N-dealkylation sites (tertiary alicyclic amines) is 1. The minimum absolute atomic E-state index is 0.0397. The molecular weight excluding hydrogens is 297 g/mol. The highest BCUT2D eigenvalue weighted by Crippen LogP contribution is 2.25. The van der Waals surface area contributed by atoms with E-state index in [1.54, 1.807) is 18.2 Å². The second-order valence-corrected chi connectivity index (χ2v) is 5.84. The van der Waals surface area contributed by atoms with Crippen LogP contribution in [-0.2, 0) is 4.79 Å². The van der Waals surface area contributed by atoms with Gasteiger partial charge in [-0.25, -0.2) is 0 Å². The number of hydrogen-bond acceptors (Lipinski definition) is 3.